The van der Waals surface area contributed by atoms with Gasteiger partial charge in [0, 0.05) is 9.48 Å². The van der Waals surface area contributed by atoms with Crippen molar-refractivity contribution in [3.05, 3.63) is 44.5 Å². The van der Waals surface area contributed by atoms with Crippen LogP contribution in [0.2, 0.25) is 0 Å². The Labute approximate surface area is 67.0 Å². The maximum absolute atomic E-state index is 9.74. The second-order valence-electron chi connectivity index (χ2n) is 1.68. The predicted octanol–water partition coefficient (Wildman–Crippen LogP) is 2.63. The van der Waals surface area contributed by atoms with Crippen molar-refractivity contribution in [1.29, 1.82) is 0 Å². The second-order valence-corrected chi connectivity index (χ2v) is 2.54. The number of halogens is 1. The fraction of sp³-hybridized carbons (Fsp3) is 0. The minimum atomic E-state index is 0.678. The molecule has 1 aromatic rings. The van der Waals surface area contributed by atoms with E-state index in [2.05, 4.69) is 27.0 Å². The standard InChI is InChI=1S/C7H4BrNO/c8-7-4-2-1-3-6(7)5-9-10/h1-4H. The maximum Gasteiger partial charge on any atom is 0.337 e. The van der Waals surface area contributed by atoms with Crippen LogP contribution in [0.3, 0.4) is 0 Å². The molecule has 0 aliphatic heterocycles. The molecule has 0 radical (unpaired) electrons. The summed E-state index contributed by atoms with van der Waals surface area (Å²) in [5, 5.41) is 12.3. The summed E-state index contributed by atoms with van der Waals surface area (Å²) in [6, 6.07) is 9.56. The monoisotopic (exact) mass is 197 g/mol. The van der Waals surface area contributed by atoms with Crippen molar-refractivity contribution >= 4 is 15.9 Å². The van der Waals surface area contributed by atoms with Gasteiger partial charge in [-0.2, -0.15) is 0 Å². The molecule has 0 fully saturated rings. The smallest absolute Gasteiger partial charge is 0.337 e. The summed E-state index contributed by atoms with van der Waals surface area (Å²) in [5.74, 6) is 0. The van der Waals surface area contributed by atoms with Crippen LogP contribution in [0.25, 0.3) is 5.01 Å². The summed E-state index contributed by atoms with van der Waals surface area (Å²) in [5.41, 5.74) is 0.678. The Morgan fingerprint density at radius 3 is 2.70 bits per heavy atom. The highest BCUT2D eigenvalue weighted by Crippen LogP contribution is 2.13. The van der Waals surface area contributed by atoms with Crippen LogP contribution in [0, 0.1) is 11.3 Å². The maximum atomic E-state index is 9.74. The van der Waals surface area contributed by atoms with E-state index >= 15 is 0 Å². The minimum absolute atomic E-state index is 0.678. The van der Waals surface area contributed by atoms with Crippen LogP contribution in [0.1, 0.15) is 5.56 Å². The molecule has 0 spiro atoms. The van der Waals surface area contributed by atoms with Crippen molar-refractivity contribution < 1.29 is 0 Å². The molecule has 0 aliphatic carbocycles. The van der Waals surface area contributed by atoms with E-state index in [4.69, 9.17) is 0 Å². The Balaban J connectivity index is 3.11. The van der Waals surface area contributed by atoms with E-state index in [-0.39, 0.29) is 0 Å². The van der Waals surface area contributed by atoms with E-state index in [0.29, 0.717) is 5.56 Å². The SMILES string of the molecule is [O-][N+]#Cc1ccccc1Br. The average molecular weight is 198 g/mol. The first-order valence-electron chi connectivity index (χ1n) is 2.67. The summed E-state index contributed by atoms with van der Waals surface area (Å²) in [6.07, 6.45) is 0. The molecular weight excluding hydrogens is 194 g/mol. The second kappa shape index (κ2) is 3.23. The number of hydrogen-bond acceptors (Lipinski definition) is 1. The van der Waals surface area contributed by atoms with Crippen LogP contribution in [0.5, 0.6) is 0 Å². The van der Waals surface area contributed by atoms with Gasteiger partial charge >= 0.3 is 6.07 Å². The van der Waals surface area contributed by atoms with Gasteiger partial charge in [0.1, 0.15) is 5.56 Å². The summed E-state index contributed by atoms with van der Waals surface area (Å²) >= 11 is 3.24. The summed E-state index contributed by atoms with van der Waals surface area (Å²) in [6.45, 7) is 0. The zero-order valence-electron chi connectivity index (χ0n) is 5.04. The van der Waals surface area contributed by atoms with Gasteiger partial charge in [0.2, 0.25) is 0 Å². The zero-order valence-corrected chi connectivity index (χ0v) is 6.63. The highest BCUT2D eigenvalue weighted by Gasteiger charge is 1.97. The molecule has 1 rings (SSSR count). The molecule has 0 N–H and O–H groups in total. The van der Waals surface area contributed by atoms with Crippen LogP contribution < -0.4 is 0 Å². The molecule has 0 bridgehead atoms. The van der Waals surface area contributed by atoms with Gasteiger partial charge < -0.3 is 5.21 Å². The van der Waals surface area contributed by atoms with Crippen molar-refractivity contribution in [1.82, 2.24) is 0 Å². The Morgan fingerprint density at radius 2 is 2.10 bits per heavy atom. The lowest BCUT2D eigenvalue weighted by molar-refractivity contribution is 1.59. The lowest BCUT2D eigenvalue weighted by Gasteiger charge is -1.86. The van der Waals surface area contributed by atoms with Crippen molar-refractivity contribution in [2.75, 3.05) is 0 Å². The highest BCUT2D eigenvalue weighted by molar-refractivity contribution is 9.10. The number of nitrogens with zero attached hydrogens (tertiary/aromatic N) is 1. The lowest BCUT2D eigenvalue weighted by atomic mass is 10.2. The molecule has 0 saturated heterocycles. The molecule has 0 aromatic heterocycles. The number of benzene rings is 1. The first-order valence-corrected chi connectivity index (χ1v) is 3.47. The Kier molecular flexibility index (Phi) is 2.30. The minimum Gasteiger partial charge on any atom is -0.498 e. The fourth-order valence-electron chi connectivity index (χ4n) is 0.601. The van der Waals surface area contributed by atoms with Crippen LogP contribution >= 0.6 is 15.9 Å². The Morgan fingerprint density at radius 1 is 1.40 bits per heavy atom. The number of hydrogen-bond donors (Lipinski definition) is 0. The van der Waals surface area contributed by atoms with Gasteiger partial charge in [-0.3, -0.25) is 0 Å². The van der Waals surface area contributed by atoms with Gasteiger partial charge in [-0.05, 0) is 28.1 Å². The van der Waals surface area contributed by atoms with Crippen LogP contribution in [0.4, 0.5) is 0 Å². The number of rotatable bonds is 0. The van der Waals surface area contributed by atoms with E-state index in [9.17, 15) is 5.21 Å². The summed E-state index contributed by atoms with van der Waals surface area (Å²) in [7, 11) is 0. The van der Waals surface area contributed by atoms with Crippen LogP contribution in [-0.2, 0) is 0 Å². The Bertz CT molecular complexity index is 287. The first kappa shape index (κ1) is 7.10. The van der Waals surface area contributed by atoms with E-state index in [1.54, 1.807) is 6.07 Å². The third kappa shape index (κ3) is 1.49. The molecule has 0 atom stereocenters. The predicted molar refractivity (Wildman–Crippen MR) is 43.9 cm³/mol. The molecule has 0 unspecified atom stereocenters. The van der Waals surface area contributed by atoms with Gasteiger partial charge in [0.25, 0.3) is 0 Å². The molecule has 0 saturated carbocycles. The van der Waals surface area contributed by atoms with Gasteiger partial charge in [-0.25, -0.2) is 0 Å². The van der Waals surface area contributed by atoms with Crippen molar-refractivity contribution in [3.63, 3.8) is 0 Å². The highest BCUT2D eigenvalue weighted by atomic mass is 79.9. The van der Waals surface area contributed by atoms with Crippen molar-refractivity contribution in [3.8, 4) is 6.07 Å². The molecule has 0 amide bonds. The quantitative estimate of drug-likeness (QED) is 0.588. The third-order valence-electron chi connectivity index (χ3n) is 1.04. The largest absolute Gasteiger partial charge is 0.498 e. The van der Waals surface area contributed by atoms with Gasteiger partial charge in [0.15, 0.2) is 0 Å². The molecule has 3 heteroatoms. The van der Waals surface area contributed by atoms with Crippen LogP contribution in [0.15, 0.2) is 28.7 Å². The van der Waals surface area contributed by atoms with E-state index < -0.39 is 0 Å². The van der Waals surface area contributed by atoms with Gasteiger partial charge in [0.05, 0.1) is 0 Å². The van der Waals surface area contributed by atoms with Gasteiger partial charge in [-0.15, -0.1) is 0 Å². The molecule has 0 aliphatic rings. The van der Waals surface area contributed by atoms with Crippen LogP contribution in [-0.4, -0.2) is 0 Å². The molecule has 0 heterocycles. The third-order valence-corrected chi connectivity index (χ3v) is 1.73. The summed E-state index contributed by atoms with van der Waals surface area (Å²) in [4.78, 5) is 0. The molecule has 2 nitrogen and oxygen atoms in total. The lowest BCUT2D eigenvalue weighted by Crippen LogP contribution is -1.72. The molecule has 50 valence electrons. The summed E-state index contributed by atoms with van der Waals surface area (Å²) < 4.78 is 0.828. The van der Waals surface area contributed by atoms with E-state index in [0.717, 1.165) is 4.47 Å². The molecule has 1 aromatic carbocycles. The van der Waals surface area contributed by atoms with Crippen molar-refractivity contribution in [2.24, 2.45) is 0 Å². The first-order chi connectivity index (χ1) is 4.84. The molecular formula is C7H4BrNO. The average Bonchev–Trinajstić information content (AvgIpc) is 1.94. The Hall–Kier alpha value is -1.01. The normalized spacial score (nSPS) is 8.10. The topological polar surface area (TPSA) is 27.4 Å². The van der Waals surface area contributed by atoms with Crippen molar-refractivity contribution in [2.45, 2.75) is 0 Å². The van der Waals surface area contributed by atoms with Gasteiger partial charge in [-0.1, -0.05) is 12.1 Å². The zero-order chi connectivity index (χ0) is 7.40. The van der Waals surface area contributed by atoms with E-state index in [1.807, 2.05) is 18.2 Å². The van der Waals surface area contributed by atoms with E-state index in [1.165, 1.54) is 0 Å². The molecule has 10 heavy (non-hydrogen) atoms. The fourth-order valence-corrected chi connectivity index (χ4v) is 0.974.